The Morgan fingerprint density at radius 1 is 1.00 bits per heavy atom. The molecule has 0 heterocycles. The van der Waals surface area contributed by atoms with Crippen molar-refractivity contribution in [3.63, 3.8) is 0 Å². The van der Waals surface area contributed by atoms with Gasteiger partial charge in [0, 0.05) is 24.3 Å². The molecular formula is C24H22N2O3. The van der Waals surface area contributed by atoms with Gasteiger partial charge in [-0.2, -0.15) is 0 Å². The molecule has 0 aliphatic carbocycles. The zero-order valence-corrected chi connectivity index (χ0v) is 16.1. The highest BCUT2D eigenvalue weighted by Crippen LogP contribution is 2.22. The first kappa shape index (κ1) is 20.0. The highest BCUT2D eigenvalue weighted by molar-refractivity contribution is 6.24. The molecule has 3 aromatic rings. The monoisotopic (exact) mass is 386 g/mol. The Bertz CT molecular complexity index is 1010. The van der Waals surface area contributed by atoms with E-state index in [1.54, 1.807) is 18.2 Å². The summed E-state index contributed by atoms with van der Waals surface area (Å²) in [5.41, 5.74) is 2.96. The van der Waals surface area contributed by atoms with E-state index in [-0.39, 0.29) is 17.5 Å². The number of hydrogen-bond acceptors (Lipinski definition) is 3. The van der Waals surface area contributed by atoms with Crippen LogP contribution in [0.1, 0.15) is 29.5 Å². The number of hydrogen-bond donors (Lipinski definition) is 1. The Morgan fingerprint density at radius 3 is 2.31 bits per heavy atom. The summed E-state index contributed by atoms with van der Waals surface area (Å²) >= 11 is 0. The van der Waals surface area contributed by atoms with E-state index >= 15 is 0 Å². The molecule has 1 N–H and O–H groups in total. The zero-order chi connectivity index (χ0) is 20.6. The van der Waals surface area contributed by atoms with Gasteiger partial charge in [0.15, 0.2) is 0 Å². The number of nitrogens with zero attached hydrogens (tertiary/aromatic N) is 1. The maximum Gasteiger partial charge on any atom is 0.270 e. The average molecular weight is 386 g/mol. The average Bonchev–Trinajstić information content (AvgIpc) is 2.77. The summed E-state index contributed by atoms with van der Waals surface area (Å²) < 4.78 is 0. The molecule has 1 atom stereocenters. The van der Waals surface area contributed by atoms with Crippen LogP contribution in [0.25, 0.3) is 11.6 Å². The van der Waals surface area contributed by atoms with E-state index in [0.717, 1.165) is 11.1 Å². The van der Waals surface area contributed by atoms with Crippen molar-refractivity contribution in [2.45, 2.75) is 12.8 Å². The lowest BCUT2D eigenvalue weighted by atomic mass is 9.99. The van der Waals surface area contributed by atoms with Gasteiger partial charge in [-0.1, -0.05) is 79.7 Å². The standard InChI is InChI=1S/C24H22N2O3/c1-18(20-10-4-2-5-11-20)17-25-24(27)23(21-12-6-3-7-13-21)16-19-9-8-14-22(15-19)26(28)29/h2-16,18H,17H2,1H3,(H,25,27)/b23-16+/t18-/m0/s1. The lowest BCUT2D eigenvalue weighted by molar-refractivity contribution is -0.384. The van der Waals surface area contributed by atoms with Crippen LogP contribution in [0, 0.1) is 10.1 Å². The van der Waals surface area contributed by atoms with E-state index in [0.29, 0.717) is 17.7 Å². The number of rotatable bonds is 7. The summed E-state index contributed by atoms with van der Waals surface area (Å²) in [5.74, 6) is -0.0551. The maximum absolute atomic E-state index is 13.0. The highest BCUT2D eigenvalue weighted by atomic mass is 16.6. The van der Waals surface area contributed by atoms with Crippen molar-refractivity contribution in [1.29, 1.82) is 0 Å². The molecule has 0 aromatic heterocycles. The van der Waals surface area contributed by atoms with Crippen LogP contribution in [-0.2, 0) is 4.79 Å². The molecule has 0 aliphatic rings. The Kier molecular flexibility index (Phi) is 6.53. The normalized spacial score (nSPS) is 12.2. The van der Waals surface area contributed by atoms with Crippen LogP contribution in [0.15, 0.2) is 84.9 Å². The van der Waals surface area contributed by atoms with Crippen molar-refractivity contribution < 1.29 is 9.72 Å². The fraction of sp³-hybridized carbons (Fsp3) is 0.125. The summed E-state index contributed by atoms with van der Waals surface area (Å²) in [5, 5.41) is 14.1. The molecule has 0 aliphatic heterocycles. The molecule has 0 fully saturated rings. The topological polar surface area (TPSA) is 72.2 Å². The maximum atomic E-state index is 13.0. The van der Waals surface area contributed by atoms with Crippen LogP contribution in [0.2, 0.25) is 0 Å². The second kappa shape index (κ2) is 9.46. The molecule has 0 saturated heterocycles. The van der Waals surface area contributed by atoms with E-state index in [1.165, 1.54) is 12.1 Å². The molecule has 5 nitrogen and oxygen atoms in total. The Balaban J connectivity index is 1.85. The molecule has 3 rings (SSSR count). The third-order valence-electron chi connectivity index (χ3n) is 4.66. The van der Waals surface area contributed by atoms with Crippen molar-refractivity contribution in [3.05, 3.63) is 112 Å². The second-order valence-corrected chi connectivity index (χ2v) is 6.80. The molecule has 0 saturated carbocycles. The van der Waals surface area contributed by atoms with Crippen molar-refractivity contribution in [2.75, 3.05) is 6.54 Å². The van der Waals surface area contributed by atoms with Crippen molar-refractivity contribution in [1.82, 2.24) is 5.32 Å². The van der Waals surface area contributed by atoms with Gasteiger partial charge in [0.2, 0.25) is 0 Å². The number of nitrogens with one attached hydrogen (secondary N) is 1. The Morgan fingerprint density at radius 2 is 1.66 bits per heavy atom. The third-order valence-corrected chi connectivity index (χ3v) is 4.66. The molecule has 0 radical (unpaired) electrons. The number of carbonyl (C=O) groups is 1. The van der Waals surface area contributed by atoms with Gasteiger partial charge in [0.05, 0.1) is 4.92 Å². The number of carbonyl (C=O) groups excluding carboxylic acids is 1. The lowest BCUT2D eigenvalue weighted by Crippen LogP contribution is -2.28. The molecule has 3 aromatic carbocycles. The largest absolute Gasteiger partial charge is 0.351 e. The molecule has 0 unspecified atom stereocenters. The third kappa shape index (κ3) is 5.39. The first-order valence-electron chi connectivity index (χ1n) is 9.39. The van der Waals surface area contributed by atoms with Crippen LogP contribution < -0.4 is 5.32 Å². The zero-order valence-electron chi connectivity index (χ0n) is 16.1. The summed E-state index contributed by atoms with van der Waals surface area (Å²) in [6.45, 7) is 2.55. The van der Waals surface area contributed by atoms with E-state index in [2.05, 4.69) is 12.2 Å². The number of benzene rings is 3. The van der Waals surface area contributed by atoms with Gasteiger partial charge in [-0.25, -0.2) is 0 Å². The predicted octanol–water partition coefficient (Wildman–Crippen LogP) is 5.06. The number of amides is 1. The van der Waals surface area contributed by atoms with Gasteiger partial charge >= 0.3 is 0 Å². The van der Waals surface area contributed by atoms with Crippen LogP contribution >= 0.6 is 0 Å². The van der Waals surface area contributed by atoms with E-state index < -0.39 is 4.92 Å². The minimum Gasteiger partial charge on any atom is -0.351 e. The molecule has 29 heavy (non-hydrogen) atoms. The molecule has 0 spiro atoms. The number of nitro benzene ring substituents is 1. The van der Waals surface area contributed by atoms with Gasteiger partial charge in [-0.05, 0) is 28.7 Å². The summed E-state index contributed by atoms with van der Waals surface area (Å²) in [6.07, 6.45) is 1.69. The summed E-state index contributed by atoms with van der Waals surface area (Å²) in [4.78, 5) is 23.6. The SMILES string of the molecule is C[C@@H](CNC(=O)/C(=C/c1cccc([N+](=O)[O-])c1)c1ccccc1)c1ccccc1. The van der Waals surface area contributed by atoms with Crippen LogP contribution in [-0.4, -0.2) is 17.4 Å². The van der Waals surface area contributed by atoms with Gasteiger partial charge < -0.3 is 5.32 Å². The smallest absolute Gasteiger partial charge is 0.270 e. The first-order valence-corrected chi connectivity index (χ1v) is 9.39. The van der Waals surface area contributed by atoms with E-state index in [1.807, 2.05) is 60.7 Å². The number of nitro groups is 1. The van der Waals surface area contributed by atoms with Crippen LogP contribution in [0.5, 0.6) is 0 Å². The lowest BCUT2D eigenvalue weighted by Gasteiger charge is -2.15. The fourth-order valence-corrected chi connectivity index (χ4v) is 3.03. The molecule has 5 heteroatoms. The summed E-state index contributed by atoms with van der Waals surface area (Å²) in [6, 6.07) is 25.5. The summed E-state index contributed by atoms with van der Waals surface area (Å²) in [7, 11) is 0. The Hall–Kier alpha value is -3.73. The predicted molar refractivity (Wildman–Crippen MR) is 115 cm³/mol. The van der Waals surface area contributed by atoms with E-state index in [4.69, 9.17) is 0 Å². The minimum absolute atomic E-state index is 0.00994. The van der Waals surface area contributed by atoms with Crippen molar-refractivity contribution in [2.24, 2.45) is 0 Å². The molecule has 0 bridgehead atoms. The minimum atomic E-state index is -0.443. The van der Waals surface area contributed by atoms with E-state index in [9.17, 15) is 14.9 Å². The molecular weight excluding hydrogens is 364 g/mol. The van der Waals surface area contributed by atoms with Gasteiger partial charge in [-0.3, -0.25) is 14.9 Å². The van der Waals surface area contributed by atoms with Crippen molar-refractivity contribution >= 4 is 23.2 Å². The molecule has 1 amide bonds. The highest BCUT2D eigenvalue weighted by Gasteiger charge is 2.15. The van der Waals surface area contributed by atoms with Gasteiger partial charge in [-0.15, -0.1) is 0 Å². The van der Waals surface area contributed by atoms with Crippen molar-refractivity contribution in [3.8, 4) is 0 Å². The Labute approximate surface area is 169 Å². The van der Waals surface area contributed by atoms with Crippen LogP contribution in [0.4, 0.5) is 5.69 Å². The van der Waals surface area contributed by atoms with Gasteiger partial charge in [0.1, 0.15) is 0 Å². The quantitative estimate of drug-likeness (QED) is 0.267. The fourth-order valence-electron chi connectivity index (χ4n) is 3.03. The number of non-ortho nitro benzene ring substituents is 1. The van der Waals surface area contributed by atoms with Crippen LogP contribution in [0.3, 0.4) is 0 Å². The molecule has 146 valence electrons. The second-order valence-electron chi connectivity index (χ2n) is 6.80. The first-order chi connectivity index (χ1) is 14.0. The van der Waals surface area contributed by atoms with Gasteiger partial charge in [0.25, 0.3) is 11.6 Å².